The van der Waals surface area contributed by atoms with E-state index in [1.807, 2.05) is 0 Å². The fourth-order valence-electron chi connectivity index (χ4n) is 11.9. The van der Waals surface area contributed by atoms with E-state index in [4.69, 9.17) is 0 Å². The zero-order valence-corrected chi connectivity index (χ0v) is 54.7. The minimum Gasteiger partial charge on any atom is -0.286 e. The van der Waals surface area contributed by atoms with Crippen LogP contribution in [-0.4, -0.2) is 29.8 Å². The molecule has 0 bridgehead atoms. The van der Waals surface area contributed by atoms with E-state index in [0.717, 1.165) is 32.2 Å². The summed E-state index contributed by atoms with van der Waals surface area (Å²) in [5.41, 5.74) is 0. The predicted octanol–water partition coefficient (Wildman–Crippen LogP) is 26.5. The first-order chi connectivity index (χ1) is 38.4. The van der Waals surface area contributed by atoms with E-state index in [2.05, 4.69) is 57.6 Å². The van der Waals surface area contributed by atoms with Crippen LogP contribution < -0.4 is 0 Å². The van der Waals surface area contributed by atoms with Gasteiger partial charge in [0, 0.05) is 0 Å². The number of unbranched alkanes of at least 4 members (excludes halogenated alkanes) is 58. The molecule has 0 aliphatic rings. The standard InChI is InChI=1S/C73H143NO3S/c1-4-7-10-13-16-19-22-25-28-31-34-37-40-43-46-49-52-55-58-61-64-69-74(72-67-68-73-78(75,76)77,70-65-62-59-56-53-50-47-44-41-38-35-32-29-26-23-20-17-14-11-8-5-2)71-66-63-60-57-54-51-48-45-42-39-36-33-30-27-24-21-18-15-12-9-6-3/h64-66,69-71H,4-63,67-68,72-73H2,1-3H3/p+1/b69-64+,70-65+,71-66+. The van der Waals surface area contributed by atoms with E-state index < -0.39 is 10.1 Å². The Morgan fingerprint density at radius 2 is 0.410 bits per heavy atom. The Bertz CT molecular complexity index is 1200. The van der Waals surface area contributed by atoms with Crippen molar-refractivity contribution in [1.82, 2.24) is 0 Å². The van der Waals surface area contributed by atoms with Gasteiger partial charge in [-0.1, -0.05) is 367 Å². The van der Waals surface area contributed by atoms with Gasteiger partial charge in [-0.3, -0.25) is 4.55 Å². The molecule has 1 N–H and O–H groups in total. The van der Waals surface area contributed by atoms with Crippen molar-refractivity contribution in [1.29, 1.82) is 0 Å². The molecule has 0 unspecified atom stereocenters. The second-order valence-electron chi connectivity index (χ2n) is 25.3. The molecular weight excluding hydrogens is 971 g/mol. The van der Waals surface area contributed by atoms with Crippen molar-refractivity contribution in [2.45, 2.75) is 419 Å². The average Bonchev–Trinajstić information content (AvgIpc) is 3.43. The molecule has 78 heavy (non-hydrogen) atoms. The first-order valence-electron chi connectivity index (χ1n) is 36.2. The van der Waals surface area contributed by atoms with Gasteiger partial charge in [-0.2, -0.15) is 8.42 Å². The largest absolute Gasteiger partial charge is 0.286 e. The molecule has 0 aromatic rings. The van der Waals surface area contributed by atoms with E-state index in [9.17, 15) is 13.0 Å². The van der Waals surface area contributed by atoms with Gasteiger partial charge >= 0.3 is 0 Å². The predicted molar refractivity (Wildman–Crippen MR) is 352 cm³/mol. The van der Waals surface area contributed by atoms with Gasteiger partial charge in [0.25, 0.3) is 10.1 Å². The van der Waals surface area contributed by atoms with Crippen LogP contribution in [0, 0.1) is 0 Å². The molecule has 0 radical (unpaired) electrons. The van der Waals surface area contributed by atoms with Crippen molar-refractivity contribution in [3.05, 3.63) is 36.8 Å². The van der Waals surface area contributed by atoms with Gasteiger partial charge in [-0.05, 0) is 69.6 Å². The summed E-state index contributed by atoms with van der Waals surface area (Å²) < 4.78 is 33.6. The molecule has 0 saturated carbocycles. The zero-order valence-electron chi connectivity index (χ0n) is 53.8. The molecule has 0 fully saturated rings. The molecule has 5 heteroatoms. The Balaban J connectivity index is 4.84. The average molecular weight is 1120 g/mol. The molecule has 0 aromatic carbocycles. The van der Waals surface area contributed by atoms with Crippen molar-refractivity contribution in [2.24, 2.45) is 0 Å². The number of nitrogens with zero attached hydrogens (tertiary/aromatic N) is 1. The molecule has 4 nitrogen and oxygen atoms in total. The highest BCUT2D eigenvalue weighted by Gasteiger charge is 2.19. The van der Waals surface area contributed by atoms with Gasteiger partial charge in [0.05, 0.1) is 12.3 Å². The van der Waals surface area contributed by atoms with Crippen LogP contribution >= 0.6 is 0 Å². The van der Waals surface area contributed by atoms with Gasteiger partial charge < -0.3 is 0 Å². The van der Waals surface area contributed by atoms with Crippen molar-refractivity contribution in [3.8, 4) is 0 Å². The first-order valence-corrected chi connectivity index (χ1v) is 37.9. The Morgan fingerprint density at radius 1 is 0.244 bits per heavy atom. The Labute approximate surface area is 493 Å². The second-order valence-corrected chi connectivity index (χ2v) is 26.9. The minimum absolute atomic E-state index is 0.151. The third kappa shape index (κ3) is 64.3. The van der Waals surface area contributed by atoms with Crippen molar-refractivity contribution >= 4 is 10.1 Å². The molecule has 0 aliphatic heterocycles. The van der Waals surface area contributed by atoms with Gasteiger partial charge in [0.15, 0.2) is 0 Å². The number of hydrogen-bond donors (Lipinski definition) is 1. The van der Waals surface area contributed by atoms with E-state index >= 15 is 0 Å². The fraction of sp³-hybridized carbons (Fsp3) is 0.918. The molecule has 0 spiro atoms. The monoisotopic (exact) mass is 1120 g/mol. The lowest BCUT2D eigenvalue weighted by Crippen LogP contribution is -2.32. The summed E-state index contributed by atoms with van der Waals surface area (Å²) in [5.74, 6) is -0.151. The van der Waals surface area contributed by atoms with Gasteiger partial charge in [-0.25, -0.2) is 4.48 Å². The summed E-state index contributed by atoms with van der Waals surface area (Å²) in [6.07, 6.45) is 99.2. The summed E-state index contributed by atoms with van der Waals surface area (Å²) in [4.78, 5) is 0. The highest BCUT2D eigenvalue weighted by Crippen LogP contribution is 2.22. The van der Waals surface area contributed by atoms with Gasteiger partial charge in [0.1, 0.15) is 18.6 Å². The lowest BCUT2D eigenvalue weighted by atomic mass is 10.0. The quantitative estimate of drug-likeness (QED) is 0.0375. The zero-order chi connectivity index (χ0) is 56.5. The van der Waals surface area contributed by atoms with Crippen LogP contribution in [0.1, 0.15) is 419 Å². The number of allylic oxidation sites excluding steroid dienone is 3. The Morgan fingerprint density at radius 3 is 0.577 bits per heavy atom. The summed E-state index contributed by atoms with van der Waals surface area (Å²) in [5, 5.41) is 0. The maximum absolute atomic E-state index is 11.7. The maximum atomic E-state index is 11.7. The van der Waals surface area contributed by atoms with E-state index in [0.29, 0.717) is 10.9 Å². The lowest BCUT2D eigenvalue weighted by Gasteiger charge is -2.27. The van der Waals surface area contributed by atoms with Gasteiger partial charge in [0.2, 0.25) is 0 Å². The lowest BCUT2D eigenvalue weighted by molar-refractivity contribution is -0.774. The van der Waals surface area contributed by atoms with Crippen LogP contribution in [0.3, 0.4) is 0 Å². The third-order valence-electron chi connectivity index (χ3n) is 17.3. The van der Waals surface area contributed by atoms with Crippen LogP contribution in [0.25, 0.3) is 0 Å². The molecular formula is C73H144NO3S+. The molecule has 0 saturated heterocycles. The summed E-state index contributed by atoms with van der Waals surface area (Å²) in [6.45, 7) is 7.74. The van der Waals surface area contributed by atoms with Crippen molar-refractivity contribution < 1.29 is 17.5 Å². The SMILES string of the molecule is CCCCCCCCCCCCCCCCCCCCC/C=C/[N+](/C=C/CCCCCCCCCCCCCCCCCCCCC)(/C=C/CCCCCCCCCCCCCCCCCCCCC)CCCCS(=O)(=O)O. The summed E-state index contributed by atoms with van der Waals surface area (Å²) in [6, 6.07) is 0. The van der Waals surface area contributed by atoms with E-state index in [1.54, 1.807) is 0 Å². The van der Waals surface area contributed by atoms with Crippen LogP contribution in [0.15, 0.2) is 36.8 Å². The summed E-state index contributed by atoms with van der Waals surface area (Å²) >= 11 is 0. The Kier molecular flexibility index (Phi) is 64.5. The highest BCUT2D eigenvalue weighted by atomic mass is 32.2. The molecule has 0 rings (SSSR count). The maximum Gasteiger partial charge on any atom is 0.264 e. The molecule has 0 amide bonds. The third-order valence-corrected chi connectivity index (χ3v) is 18.1. The van der Waals surface area contributed by atoms with E-state index in [-0.39, 0.29) is 5.75 Å². The van der Waals surface area contributed by atoms with Crippen LogP contribution in [0.2, 0.25) is 0 Å². The highest BCUT2D eigenvalue weighted by molar-refractivity contribution is 7.85. The number of quaternary nitrogens is 1. The topological polar surface area (TPSA) is 54.4 Å². The summed E-state index contributed by atoms with van der Waals surface area (Å²) in [7, 11) is -3.95. The molecule has 0 heterocycles. The molecule has 0 atom stereocenters. The van der Waals surface area contributed by atoms with Gasteiger partial charge in [-0.15, -0.1) is 0 Å². The normalized spacial score (nSPS) is 12.5. The van der Waals surface area contributed by atoms with Crippen LogP contribution in [0.4, 0.5) is 0 Å². The molecule has 0 aromatic heterocycles. The Hall–Kier alpha value is -0.910. The second kappa shape index (κ2) is 65.2. The number of rotatable bonds is 68. The molecule has 0 aliphatic carbocycles. The van der Waals surface area contributed by atoms with E-state index in [1.165, 1.54) is 366 Å². The van der Waals surface area contributed by atoms with Crippen LogP contribution in [-0.2, 0) is 10.1 Å². The smallest absolute Gasteiger partial charge is 0.264 e. The minimum atomic E-state index is -3.95. The fourth-order valence-corrected chi connectivity index (χ4v) is 12.4. The van der Waals surface area contributed by atoms with Crippen LogP contribution in [0.5, 0.6) is 0 Å². The van der Waals surface area contributed by atoms with Crippen molar-refractivity contribution in [2.75, 3.05) is 12.3 Å². The number of hydrogen-bond acceptors (Lipinski definition) is 2. The van der Waals surface area contributed by atoms with Crippen molar-refractivity contribution in [3.63, 3.8) is 0 Å². The molecule has 464 valence electrons. The first kappa shape index (κ1) is 77.1.